The van der Waals surface area contributed by atoms with E-state index in [2.05, 4.69) is 0 Å². The molecule has 108 valence electrons. The number of carbonyl (C=O) groups is 2. The van der Waals surface area contributed by atoms with E-state index in [9.17, 15) is 22.8 Å². The summed E-state index contributed by atoms with van der Waals surface area (Å²) in [5.41, 5.74) is 0.617. The molecule has 1 heterocycles. The molecule has 0 aliphatic carbocycles. The molecule has 0 saturated carbocycles. The summed E-state index contributed by atoms with van der Waals surface area (Å²) >= 11 is 0. The molecule has 1 aliphatic heterocycles. The fourth-order valence-corrected chi connectivity index (χ4v) is 2.43. The lowest BCUT2D eigenvalue weighted by Gasteiger charge is -2.34. The number of carboxylic acid groups (broad SMARTS) is 1. The van der Waals surface area contributed by atoms with Crippen molar-refractivity contribution in [2.75, 3.05) is 11.4 Å². The quantitative estimate of drug-likeness (QED) is 0.909. The van der Waals surface area contributed by atoms with Crippen LogP contribution in [0, 0.1) is 0 Å². The summed E-state index contributed by atoms with van der Waals surface area (Å²) in [6.45, 7) is -0.132. The number of rotatable bonds is 2. The molecule has 1 unspecified atom stereocenters. The molecule has 1 N–H and O–H groups in total. The van der Waals surface area contributed by atoms with Gasteiger partial charge in [0.05, 0.1) is 6.42 Å². The second-order valence-electron chi connectivity index (χ2n) is 4.60. The molecule has 0 saturated heterocycles. The zero-order chi connectivity index (χ0) is 14.9. The topological polar surface area (TPSA) is 57.6 Å². The Morgan fingerprint density at radius 1 is 1.30 bits per heavy atom. The van der Waals surface area contributed by atoms with Crippen molar-refractivity contribution in [2.24, 2.45) is 0 Å². The van der Waals surface area contributed by atoms with Crippen molar-refractivity contribution in [2.45, 2.75) is 24.9 Å². The molecule has 0 aromatic heterocycles. The van der Waals surface area contributed by atoms with Gasteiger partial charge < -0.3 is 10.0 Å². The number of para-hydroxylation sites is 1. The van der Waals surface area contributed by atoms with Gasteiger partial charge in [-0.25, -0.2) is 0 Å². The highest BCUT2D eigenvalue weighted by Crippen LogP contribution is 2.38. The summed E-state index contributed by atoms with van der Waals surface area (Å²) in [7, 11) is 0. The molecule has 1 amide bonds. The Morgan fingerprint density at radius 3 is 2.55 bits per heavy atom. The maximum absolute atomic E-state index is 12.5. The van der Waals surface area contributed by atoms with E-state index in [1.165, 1.54) is 12.1 Å². The molecule has 0 fully saturated rings. The highest BCUT2D eigenvalue weighted by molar-refractivity contribution is 5.98. The molecular weight excluding hydrogens is 275 g/mol. The molecule has 1 aromatic carbocycles. The third-order valence-electron chi connectivity index (χ3n) is 3.28. The molecule has 7 heteroatoms. The maximum atomic E-state index is 12.5. The van der Waals surface area contributed by atoms with E-state index in [1.54, 1.807) is 12.1 Å². The van der Waals surface area contributed by atoms with E-state index in [0.29, 0.717) is 10.5 Å². The Labute approximate surface area is 112 Å². The van der Waals surface area contributed by atoms with Gasteiger partial charge in [-0.05, 0) is 24.0 Å². The van der Waals surface area contributed by atoms with Crippen molar-refractivity contribution in [1.82, 2.24) is 0 Å². The number of carboxylic acids is 1. The van der Waals surface area contributed by atoms with Crippen LogP contribution in [0.5, 0.6) is 0 Å². The fourth-order valence-electron chi connectivity index (χ4n) is 2.43. The maximum Gasteiger partial charge on any atom is 0.471 e. The van der Waals surface area contributed by atoms with Crippen LogP contribution >= 0.6 is 0 Å². The van der Waals surface area contributed by atoms with Gasteiger partial charge in [0, 0.05) is 12.2 Å². The predicted octanol–water partition coefficient (Wildman–Crippen LogP) is 2.54. The molecule has 1 aliphatic rings. The van der Waals surface area contributed by atoms with E-state index in [1.807, 2.05) is 0 Å². The van der Waals surface area contributed by atoms with Gasteiger partial charge in [-0.1, -0.05) is 18.2 Å². The minimum Gasteiger partial charge on any atom is -0.481 e. The monoisotopic (exact) mass is 287 g/mol. The van der Waals surface area contributed by atoms with Crippen LogP contribution in [0.4, 0.5) is 18.9 Å². The van der Waals surface area contributed by atoms with Gasteiger partial charge in [-0.15, -0.1) is 0 Å². The average Bonchev–Trinajstić information content (AvgIpc) is 2.37. The van der Waals surface area contributed by atoms with Crippen molar-refractivity contribution in [3.63, 3.8) is 0 Å². The third kappa shape index (κ3) is 2.76. The number of aliphatic carboxylic acids is 1. The SMILES string of the molecule is O=C(O)CC1CCN(C(=O)C(F)(F)F)c2ccccc21. The van der Waals surface area contributed by atoms with Crippen LogP contribution < -0.4 is 4.90 Å². The van der Waals surface area contributed by atoms with Gasteiger partial charge in [-0.2, -0.15) is 13.2 Å². The van der Waals surface area contributed by atoms with Crippen molar-refractivity contribution in [3.8, 4) is 0 Å². The normalized spacial score (nSPS) is 18.6. The molecule has 1 aromatic rings. The number of anilines is 1. The molecule has 0 bridgehead atoms. The first-order valence-corrected chi connectivity index (χ1v) is 6.00. The average molecular weight is 287 g/mol. The molecule has 2 rings (SSSR count). The summed E-state index contributed by atoms with van der Waals surface area (Å²) in [5.74, 6) is -3.31. The fraction of sp³-hybridized carbons (Fsp3) is 0.385. The third-order valence-corrected chi connectivity index (χ3v) is 3.28. The van der Waals surface area contributed by atoms with Crippen LogP contribution in [0.3, 0.4) is 0 Å². The van der Waals surface area contributed by atoms with E-state index < -0.39 is 18.1 Å². The van der Waals surface area contributed by atoms with Gasteiger partial charge in [0.2, 0.25) is 0 Å². The Balaban J connectivity index is 2.36. The Hall–Kier alpha value is -2.05. The van der Waals surface area contributed by atoms with Crippen molar-refractivity contribution in [3.05, 3.63) is 29.8 Å². The van der Waals surface area contributed by atoms with Crippen molar-refractivity contribution in [1.29, 1.82) is 0 Å². The number of carbonyl (C=O) groups excluding carboxylic acids is 1. The number of fused-ring (bicyclic) bond motifs is 1. The lowest BCUT2D eigenvalue weighted by molar-refractivity contribution is -0.170. The van der Waals surface area contributed by atoms with E-state index >= 15 is 0 Å². The molecular formula is C13H12F3NO3. The Morgan fingerprint density at radius 2 is 1.95 bits per heavy atom. The number of hydrogen-bond donors (Lipinski definition) is 1. The molecule has 0 spiro atoms. The number of hydrogen-bond acceptors (Lipinski definition) is 2. The van der Waals surface area contributed by atoms with Crippen LogP contribution in [0.2, 0.25) is 0 Å². The van der Waals surface area contributed by atoms with Gasteiger partial charge in [-0.3, -0.25) is 9.59 Å². The van der Waals surface area contributed by atoms with Crippen molar-refractivity contribution < 1.29 is 27.9 Å². The van der Waals surface area contributed by atoms with E-state index in [-0.39, 0.29) is 31.0 Å². The van der Waals surface area contributed by atoms with Gasteiger partial charge >= 0.3 is 18.1 Å². The standard InChI is InChI=1S/C13H12F3NO3/c14-13(15,16)12(20)17-6-5-8(7-11(18)19)9-3-1-2-4-10(9)17/h1-4,8H,5-7H2,(H,18,19). The summed E-state index contributed by atoms with van der Waals surface area (Å²) in [6, 6.07) is 6.12. The summed E-state index contributed by atoms with van der Waals surface area (Å²) in [5, 5.41) is 8.84. The van der Waals surface area contributed by atoms with Gasteiger partial charge in [0.25, 0.3) is 0 Å². The largest absolute Gasteiger partial charge is 0.481 e. The lowest BCUT2D eigenvalue weighted by Crippen LogP contribution is -2.44. The molecule has 20 heavy (non-hydrogen) atoms. The van der Waals surface area contributed by atoms with Gasteiger partial charge in [0.15, 0.2) is 0 Å². The first-order chi connectivity index (χ1) is 9.30. The number of halogens is 3. The minimum atomic E-state index is -4.94. The van der Waals surface area contributed by atoms with E-state index in [4.69, 9.17) is 5.11 Å². The van der Waals surface area contributed by atoms with Crippen LogP contribution in [-0.2, 0) is 9.59 Å². The molecule has 4 nitrogen and oxygen atoms in total. The number of benzene rings is 1. The summed E-state index contributed by atoms with van der Waals surface area (Å²) in [6.07, 6.45) is -4.90. The second-order valence-corrected chi connectivity index (χ2v) is 4.60. The first kappa shape index (κ1) is 14.4. The van der Waals surface area contributed by atoms with Gasteiger partial charge in [0.1, 0.15) is 0 Å². The Bertz CT molecular complexity index is 542. The van der Waals surface area contributed by atoms with Crippen LogP contribution in [0.25, 0.3) is 0 Å². The summed E-state index contributed by atoms with van der Waals surface area (Å²) in [4.78, 5) is 22.9. The highest BCUT2D eigenvalue weighted by atomic mass is 19.4. The number of alkyl halides is 3. The van der Waals surface area contributed by atoms with E-state index in [0.717, 1.165) is 0 Å². The van der Waals surface area contributed by atoms with Crippen molar-refractivity contribution >= 4 is 17.6 Å². The van der Waals surface area contributed by atoms with Crippen LogP contribution in [0.1, 0.15) is 24.3 Å². The van der Waals surface area contributed by atoms with Crippen LogP contribution in [0.15, 0.2) is 24.3 Å². The predicted molar refractivity (Wildman–Crippen MR) is 64.5 cm³/mol. The summed E-state index contributed by atoms with van der Waals surface area (Å²) < 4.78 is 37.6. The first-order valence-electron chi connectivity index (χ1n) is 6.00. The zero-order valence-corrected chi connectivity index (χ0v) is 10.4. The zero-order valence-electron chi connectivity index (χ0n) is 10.4. The number of amides is 1. The molecule has 1 atom stereocenters. The smallest absolute Gasteiger partial charge is 0.471 e. The molecule has 0 radical (unpaired) electrons. The number of nitrogens with zero attached hydrogens (tertiary/aromatic N) is 1. The highest BCUT2D eigenvalue weighted by Gasteiger charge is 2.44. The Kier molecular flexibility index (Phi) is 3.69. The second kappa shape index (κ2) is 5.15. The lowest BCUT2D eigenvalue weighted by atomic mass is 9.87. The minimum absolute atomic E-state index is 0.132. The van der Waals surface area contributed by atoms with Crippen LogP contribution in [-0.4, -0.2) is 29.7 Å².